The Kier molecular flexibility index (Phi) is 41.5. The van der Waals surface area contributed by atoms with Gasteiger partial charge in [0.1, 0.15) is 26.4 Å². The standard InChI is InChI=1S/C62H91N7O24S3/c1-43(70)61(44(2)71,45(3)72)52(76)40-92-35-34-91-33-32-90-28-25-86-22-18-65-55(79)16-36-94-50-37-58(82)69(60(50)84)20-6-7-49(74)38-68(59(83)42-93-41-57(81)67-48-11-8-47(9-12-48)10-13-54(78)64-17-14-53(77)63-5)39-56(80)66-19-23-87-26-29-89-31-30-88-27-24-85-21-15-51(75)62(46(4)73)95-96-62/h8-9,11-12,50H,6-7,10,13-42H2,1-5H3,(H,63,77)(H,64,78)(H,65,79)(H,66,80)(H,67,81). The van der Waals surface area contributed by atoms with Gasteiger partial charge in [-0.1, -0.05) is 33.7 Å². The van der Waals surface area contributed by atoms with Gasteiger partial charge in [0, 0.05) is 83.2 Å². The van der Waals surface area contributed by atoms with Gasteiger partial charge in [-0.3, -0.25) is 76.8 Å². The summed E-state index contributed by atoms with van der Waals surface area (Å²) >= 11 is 1.16. The third kappa shape index (κ3) is 32.3. The zero-order valence-corrected chi connectivity index (χ0v) is 57.6. The van der Waals surface area contributed by atoms with Crippen molar-refractivity contribution < 1.29 is 115 Å². The normalized spacial score (nSPS) is 14.0. The highest BCUT2D eigenvalue weighted by molar-refractivity contribution is 8.94. The predicted molar refractivity (Wildman–Crippen MR) is 349 cm³/mol. The minimum Gasteiger partial charge on any atom is -0.379 e. The smallest absolute Gasteiger partial charge is 0.250 e. The number of thioether (sulfide) groups is 1. The Labute approximate surface area is 569 Å². The Morgan fingerprint density at radius 1 is 0.552 bits per heavy atom. The van der Waals surface area contributed by atoms with Crippen LogP contribution in [0.4, 0.5) is 5.69 Å². The van der Waals surface area contributed by atoms with Gasteiger partial charge in [-0.2, -0.15) is 0 Å². The van der Waals surface area contributed by atoms with Crippen molar-refractivity contribution in [3.05, 3.63) is 29.8 Å². The number of rotatable bonds is 58. The number of ether oxygens (including phenoxy) is 9. The molecule has 1 aromatic rings. The molecule has 8 amide bonds. The first kappa shape index (κ1) is 83.8. The lowest BCUT2D eigenvalue weighted by Gasteiger charge is -2.23. The Morgan fingerprint density at radius 2 is 1.06 bits per heavy atom. The molecule has 0 radical (unpaired) electrons. The fourth-order valence-corrected chi connectivity index (χ4v) is 12.3. The van der Waals surface area contributed by atoms with E-state index in [1.165, 1.54) is 35.6 Å². The SMILES string of the molecule is CNC(=O)CCNC(=O)CCc1ccc(NC(=O)COCC(=O)N(CC(=O)CCCN2C(=O)CC(SCCC(=O)NCCOCCOCCOCCOCC(=O)C(C(C)=O)(C(C)=O)C(C)=O)C2=O)CC(=O)NCCOCCOCCOCCOCCC(=O)C2(C(C)=O)SS2)cc1. The average Bonchev–Trinajstić information content (AvgIpc) is 1.37. The number of benzene rings is 1. The second-order valence-electron chi connectivity index (χ2n) is 21.5. The summed E-state index contributed by atoms with van der Waals surface area (Å²) < 4.78 is 47.8. The summed E-state index contributed by atoms with van der Waals surface area (Å²) in [5.41, 5.74) is -1.13. The van der Waals surface area contributed by atoms with Crippen LogP contribution in [0.5, 0.6) is 0 Å². The number of likely N-dealkylation sites (tertiary alicyclic amines) is 1. The van der Waals surface area contributed by atoms with E-state index in [1.807, 2.05) is 0 Å². The summed E-state index contributed by atoms with van der Waals surface area (Å²) in [4.78, 5) is 189. The molecule has 0 aliphatic carbocycles. The van der Waals surface area contributed by atoms with Crippen molar-refractivity contribution in [2.75, 3.05) is 176 Å². The van der Waals surface area contributed by atoms with Crippen LogP contribution in [0.15, 0.2) is 24.3 Å². The van der Waals surface area contributed by atoms with E-state index in [0.29, 0.717) is 12.1 Å². The lowest BCUT2D eigenvalue weighted by molar-refractivity contribution is -0.155. The summed E-state index contributed by atoms with van der Waals surface area (Å²) in [5, 5.41) is 12.4. The van der Waals surface area contributed by atoms with E-state index in [0.717, 1.165) is 47.9 Å². The van der Waals surface area contributed by atoms with Gasteiger partial charge in [0.2, 0.25) is 52.7 Å². The number of imide groups is 1. The van der Waals surface area contributed by atoms with Gasteiger partial charge in [-0.25, -0.2) is 0 Å². The quantitative estimate of drug-likeness (QED) is 0.0182. The summed E-state index contributed by atoms with van der Waals surface area (Å²) in [5.74, 6) is -7.69. The van der Waals surface area contributed by atoms with Gasteiger partial charge in [0.25, 0.3) is 0 Å². The predicted octanol–water partition coefficient (Wildman–Crippen LogP) is -0.418. The number of hydrogen-bond donors (Lipinski definition) is 5. The maximum atomic E-state index is 13.5. The molecule has 2 saturated heterocycles. The summed E-state index contributed by atoms with van der Waals surface area (Å²) in [6.07, 6.45) is 0.754. The van der Waals surface area contributed by atoms with Crippen LogP contribution in [-0.2, 0) is 121 Å². The minimum absolute atomic E-state index is 0.0316. The summed E-state index contributed by atoms with van der Waals surface area (Å²) in [6, 6.07) is 6.71. The van der Waals surface area contributed by atoms with Gasteiger partial charge in [0.05, 0.1) is 111 Å². The molecular weight excluding hydrogens is 1320 g/mol. The Morgan fingerprint density at radius 3 is 1.59 bits per heavy atom. The molecule has 0 bridgehead atoms. The van der Waals surface area contributed by atoms with E-state index in [9.17, 15) is 71.9 Å². The van der Waals surface area contributed by atoms with Crippen molar-refractivity contribution in [2.24, 2.45) is 5.41 Å². The molecular formula is C62H91N7O24S3. The number of Topliss-reactive ketones (excluding diaryl/α,β-unsaturated/α-hetero) is 7. The summed E-state index contributed by atoms with van der Waals surface area (Å²) in [6.45, 7) is 4.79. The van der Waals surface area contributed by atoms with Crippen molar-refractivity contribution >= 4 is 127 Å². The maximum Gasteiger partial charge on any atom is 0.250 e. The average molecular weight is 1410 g/mol. The first-order valence-electron chi connectivity index (χ1n) is 31.3. The van der Waals surface area contributed by atoms with Crippen LogP contribution >= 0.6 is 33.3 Å². The molecule has 31 nitrogen and oxygen atoms in total. The van der Waals surface area contributed by atoms with Gasteiger partial charge < -0.3 is 74.1 Å². The number of carbonyl (C=O) groups is 15. The van der Waals surface area contributed by atoms with E-state index in [4.69, 9.17) is 42.6 Å². The fraction of sp³-hybridized carbons (Fsp3) is 0.661. The number of ketones is 7. The van der Waals surface area contributed by atoms with Crippen LogP contribution in [0.3, 0.4) is 0 Å². The van der Waals surface area contributed by atoms with Gasteiger partial charge >= 0.3 is 0 Å². The minimum atomic E-state index is -2.36. The van der Waals surface area contributed by atoms with E-state index in [-0.39, 0.29) is 205 Å². The second kappa shape index (κ2) is 47.5. The molecule has 3 rings (SSSR count). The third-order valence-corrected chi connectivity index (χ3v) is 18.4. The van der Waals surface area contributed by atoms with Crippen molar-refractivity contribution in [1.82, 2.24) is 31.1 Å². The van der Waals surface area contributed by atoms with Crippen LogP contribution in [0, 0.1) is 5.41 Å². The highest BCUT2D eigenvalue weighted by atomic mass is 33.2. The molecule has 34 heteroatoms. The molecule has 1 atom stereocenters. The fourth-order valence-electron chi connectivity index (χ4n) is 8.98. The number of aryl methyl sites for hydroxylation is 1. The van der Waals surface area contributed by atoms with E-state index in [2.05, 4.69) is 26.6 Å². The molecule has 2 fully saturated rings. The zero-order valence-electron chi connectivity index (χ0n) is 55.1. The second-order valence-corrected chi connectivity index (χ2v) is 25.6. The molecule has 0 spiro atoms. The van der Waals surface area contributed by atoms with Crippen LogP contribution in [0.2, 0.25) is 0 Å². The topological polar surface area (TPSA) is 406 Å². The number of carbonyl (C=O) groups excluding carboxylic acids is 15. The van der Waals surface area contributed by atoms with Gasteiger partial charge in [0.15, 0.2) is 44.6 Å². The lowest BCUT2D eigenvalue weighted by Crippen LogP contribution is -2.51. The first-order chi connectivity index (χ1) is 46.0. The monoisotopic (exact) mass is 1410 g/mol. The molecule has 1 aromatic carbocycles. The van der Waals surface area contributed by atoms with E-state index >= 15 is 0 Å². The molecule has 0 saturated carbocycles. The Hall–Kier alpha value is -6.44. The molecule has 5 N–H and O–H groups in total. The number of nitrogens with zero attached hydrogens (tertiary/aromatic N) is 2. The van der Waals surface area contributed by atoms with Gasteiger partial charge in [-0.05, 0) is 58.2 Å². The number of nitrogens with one attached hydrogen (secondary N) is 5. The van der Waals surface area contributed by atoms with Crippen molar-refractivity contribution in [1.29, 1.82) is 0 Å². The van der Waals surface area contributed by atoms with Crippen LogP contribution in [0.1, 0.15) is 78.2 Å². The maximum absolute atomic E-state index is 13.5. The largest absolute Gasteiger partial charge is 0.379 e. The van der Waals surface area contributed by atoms with Crippen LogP contribution < -0.4 is 26.6 Å². The molecule has 0 aromatic heterocycles. The van der Waals surface area contributed by atoms with Crippen LogP contribution in [-0.4, -0.2) is 278 Å². The molecule has 536 valence electrons. The Bertz CT molecular complexity index is 2740. The van der Waals surface area contributed by atoms with Gasteiger partial charge in [-0.15, -0.1) is 11.8 Å². The molecule has 1 unspecified atom stereocenters. The molecule has 2 aliphatic heterocycles. The third-order valence-electron chi connectivity index (χ3n) is 14.2. The highest BCUT2D eigenvalue weighted by Crippen LogP contribution is 2.66. The molecule has 96 heavy (non-hydrogen) atoms. The lowest BCUT2D eigenvalue weighted by atomic mass is 9.73. The van der Waals surface area contributed by atoms with E-state index in [1.54, 1.807) is 24.3 Å². The number of amides is 8. The van der Waals surface area contributed by atoms with E-state index < -0.39 is 106 Å². The highest BCUT2D eigenvalue weighted by Gasteiger charge is 2.57. The number of anilines is 1. The first-order valence-corrected chi connectivity index (χ1v) is 34.5. The zero-order chi connectivity index (χ0) is 70.7. The van der Waals surface area contributed by atoms with Crippen molar-refractivity contribution in [2.45, 2.75) is 88.4 Å². The summed E-state index contributed by atoms with van der Waals surface area (Å²) in [7, 11) is 4.03. The number of hydrogen-bond acceptors (Lipinski definition) is 27. The van der Waals surface area contributed by atoms with Crippen molar-refractivity contribution in [3.63, 3.8) is 0 Å². The van der Waals surface area contributed by atoms with Crippen LogP contribution in [0.25, 0.3) is 0 Å². The molecule has 2 aliphatic rings. The molecule has 2 heterocycles. The van der Waals surface area contributed by atoms with Crippen molar-refractivity contribution in [3.8, 4) is 0 Å². The Balaban J connectivity index is 1.33.